The van der Waals surface area contributed by atoms with Crippen LogP contribution in [0.3, 0.4) is 0 Å². The van der Waals surface area contributed by atoms with E-state index in [4.69, 9.17) is 16.3 Å². The molecule has 2 rings (SSSR count). The predicted molar refractivity (Wildman–Crippen MR) is 62.8 cm³/mol. The van der Waals surface area contributed by atoms with Gasteiger partial charge >= 0.3 is 0 Å². The fourth-order valence-corrected chi connectivity index (χ4v) is 1.92. The second kappa shape index (κ2) is 5.46. The Labute approximate surface area is 101 Å². The van der Waals surface area contributed by atoms with E-state index >= 15 is 0 Å². The Morgan fingerprint density at radius 3 is 2.62 bits per heavy atom. The Hall–Kier alpha value is -0.870. The number of halogens is 1. The molecule has 1 aromatic rings. The van der Waals surface area contributed by atoms with Crippen LogP contribution in [0.1, 0.15) is 12.8 Å². The maximum Gasteiger partial charge on any atom is 0.222 e. The summed E-state index contributed by atoms with van der Waals surface area (Å²) in [5.41, 5.74) is 0. The lowest BCUT2D eigenvalue weighted by molar-refractivity contribution is 0.159. The SMILES string of the molecule is CN1CCC(COc2cnc(Cl)nc2)CC1. The molecule has 1 aliphatic rings. The van der Waals surface area contributed by atoms with Crippen molar-refractivity contribution in [1.82, 2.24) is 14.9 Å². The van der Waals surface area contributed by atoms with E-state index in [1.807, 2.05) is 0 Å². The van der Waals surface area contributed by atoms with Gasteiger partial charge in [0.1, 0.15) is 0 Å². The van der Waals surface area contributed by atoms with Gasteiger partial charge in [0.15, 0.2) is 5.75 Å². The molecule has 0 N–H and O–H groups in total. The molecule has 0 atom stereocenters. The van der Waals surface area contributed by atoms with E-state index in [1.54, 1.807) is 12.4 Å². The van der Waals surface area contributed by atoms with E-state index in [1.165, 1.54) is 12.8 Å². The van der Waals surface area contributed by atoms with Crippen LogP contribution in [0.15, 0.2) is 12.4 Å². The van der Waals surface area contributed by atoms with Gasteiger partial charge in [0.25, 0.3) is 0 Å². The lowest BCUT2D eigenvalue weighted by Crippen LogP contribution is -2.32. The standard InChI is InChI=1S/C11H16ClN3O/c1-15-4-2-9(3-5-15)8-16-10-6-13-11(12)14-7-10/h6-7,9H,2-5,8H2,1H3. The van der Waals surface area contributed by atoms with Crippen molar-refractivity contribution in [2.24, 2.45) is 5.92 Å². The fraction of sp³-hybridized carbons (Fsp3) is 0.636. The van der Waals surface area contributed by atoms with Crippen molar-refractivity contribution in [1.29, 1.82) is 0 Å². The molecule has 16 heavy (non-hydrogen) atoms. The monoisotopic (exact) mass is 241 g/mol. The van der Waals surface area contributed by atoms with Crippen LogP contribution in [0.2, 0.25) is 5.28 Å². The highest BCUT2D eigenvalue weighted by molar-refractivity contribution is 6.28. The van der Waals surface area contributed by atoms with Gasteiger partial charge in [0.2, 0.25) is 5.28 Å². The van der Waals surface area contributed by atoms with Crippen LogP contribution in [-0.4, -0.2) is 41.6 Å². The largest absolute Gasteiger partial charge is 0.490 e. The normalized spacial score (nSPS) is 18.6. The highest BCUT2D eigenvalue weighted by Gasteiger charge is 2.17. The molecule has 0 saturated carbocycles. The van der Waals surface area contributed by atoms with Crippen LogP contribution < -0.4 is 4.74 Å². The smallest absolute Gasteiger partial charge is 0.222 e. The third kappa shape index (κ3) is 3.32. The zero-order chi connectivity index (χ0) is 11.4. The fourth-order valence-electron chi connectivity index (χ4n) is 1.82. The van der Waals surface area contributed by atoms with Crippen LogP contribution in [0.25, 0.3) is 0 Å². The molecule has 5 heteroatoms. The van der Waals surface area contributed by atoms with E-state index < -0.39 is 0 Å². The maximum absolute atomic E-state index is 5.63. The topological polar surface area (TPSA) is 38.2 Å². The molecule has 2 heterocycles. The van der Waals surface area contributed by atoms with Gasteiger partial charge in [0, 0.05) is 0 Å². The molecular formula is C11H16ClN3O. The summed E-state index contributed by atoms with van der Waals surface area (Å²) in [5, 5.41) is 0.256. The van der Waals surface area contributed by atoms with Crippen molar-refractivity contribution in [3.8, 4) is 5.75 Å². The summed E-state index contributed by atoms with van der Waals surface area (Å²) >= 11 is 5.59. The zero-order valence-corrected chi connectivity index (χ0v) is 10.2. The van der Waals surface area contributed by atoms with Crippen LogP contribution in [0.4, 0.5) is 0 Å². The van der Waals surface area contributed by atoms with Gasteiger partial charge in [-0.15, -0.1) is 0 Å². The number of rotatable bonds is 3. The summed E-state index contributed by atoms with van der Waals surface area (Å²) in [6, 6.07) is 0. The minimum Gasteiger partial charge on any atom is -0.490 e. The number of hydrogen-bond donors (Lipinski definition) is 0. The van der Waals surface area contributed by atoms with E-state index in [9.17, 15) is 0 Å². The van der Waals surface area contributed by atoms with Crippen molar-refractivity contribution in [3.63, 3.8) is 0 Å². The molecule has 0 unspecified atom stereocenters. The first-order chi connectivity index (χ1) is 7.74. The average molecular weight is 242 g/mol. The number of likely N-dealkylation sites (tertiary alicyclic amines) is 1. The van der Waals surface area contributed by atoms with Gasteiger partial charge in [-0.1, -0.05) is 0 Å². The minimum atomic E-state index is 0.256. The van der Waals surface area contributed by atoms with Crippen LogP contribution in [0.5, 0.6) is 5.75 Å². The Bertz CT molecular complexity index is 323. The maximum atomic E-state index is 5.63. The Balaban J connectivity index is 1.77. The van der Waals surface area contributed by atoms with E-state index in [-0.39, 0.29) is 5.28 Å². The molecule has 1 aliphatic heterocycles. The van der Waals surface area contributed by atoms with Crippen molar-refractivity contribution < 1.29 is 4.74 Å². The van der Waals surface area contributed by atoms with Crippen molar-refractivity contribution >= 4 is 11.6 Å². The molecule has 0 aromatic carbocycles. The van der Waals surface area contributed by atoms with Gasteiger partial charge in [0.05, 0.1) is 19.0 Å². The van der Waals surface area contributed by atoms with Crippen molar-refractivity contribution in [2.75, 3.05) is 26.7 Å². The van der Waals surface area contributed by atoms with Gasteiger partial charge < -0.3 is 9.64 Å². The molecule has 4 nitrogen and oxygen atoms in total. The number of hydrogen-bond acceptors (Lipinski definition) is 4. The number of piperidine rings is 1. The van der Waals surface area contributed by atoms with Crippen LogP contribution in [-0.2, 0) is 0 Å². The molecule has 0 aliphatic carbocycles. The molecule has 1 fully saturated rings. The third-order valence-corrected chi connectivity index (χ3v) is 3.12. The van der Waals surface area contributed by atoms with Gasteiger partial charge in [-0.2, -0.15) is 0 Å². The molecule has 1 saturated heterocycles. The van der Waals surface area contributed by atoms with Crippen molar-refractivity contribution in [2.45, 2.75) is 12.8 Å². The number of nitrogens with zero attached hydrogens (tertiary/aromatic N) is 3. The molecule has 0 radical (unpaired) electrons. The van der Waals surface area contributed by atoms with Gasteiger partial charge in [-0.3, -0.25) is 0 Å². The number of ether oxygens (including phenoxy) is 1. The Morgan fingerprint density at radius 2 is 2.00 bits per heavy atom. The predicted octanol–water partition coefficient (Wildman–Crippen LogP) is 1.85. The van der Waals surface area contributed by atoms with Gasteiger partial charge in [-0.25, -0.2) is 9.97 Å². The van der Waals surface area contributed by atoms with Crippen molar-refractivity contribution in [3.05, 3.63) is 17.7 Å². The second-order valence-electron chi connectivity index (χ2n) is 4.25. The highest BCUT2D eigenvalue weighted by Crippen LogP contribution is 2.18. The second-order valence-corrected chi connectivity index (χ2v) is 4.58. The highest BCUT2D eigenvalue weighted by atomic mass is 35.5. The molecule has 0 amide bonds. The summed E-state index contributed by atoms with van der Waals surface area (Å²) in [6.07, 6.45) is 5.63. The molecule has 88 valence electrons. The lowest BCUT2D eigenvalue weighted by Gasteiger charge is -2.28. The summed E-state index contributed by atoms with van der Waals surface area (Å²) in [5.74, 6) is 1.34. The molecular weight excluding hydrogens is 226 g/mol. The number of aromatic nitrogens is 2. The summed E-state index contributed by atoms with van der Waals surface area (Å²) in [6.45, 7) is 3.06. The average Bonchev–Trinajstić information content (AvgIpc) is 2.30. The first-order valence-corrected chi connectivity index (χ1v) is 5.91. The van der Waals surface area contributed by atoms with E-state index in [0.717, 1.165) is 19.7 Å². The first-order valence-electron chi connectivity index (χ1n) is 5.53. The lowest BCUT2D eigenvalue weighted by atomic mass is 9.98. The Kier molecular flexibility index (Phi) is 3.96. The molecule has 0 spiro atoms. The summed E-state index contributed by atoms with van der Waals surface area (Å²) < 4.78 is 5.63. The summed E-state index contributed by atoms with van der Waals surface area (Å²) in [7, 11) is 2.16. The van der Waals surface area contributed by atoms with Crippen LogP contribution in [0, 0.1) is 5.92 Å². The third-order valence-electron chi connectivity index (χ3n) is 2.92. The molecule has 1 aromatic heterocycles. The Morgan fingerprint density at radius 1 is 1.38 bits per heavy atom. The van der Waals surface area contributed by atoms with E-state index in [0.29, 0.717) is 11.7 Å². The molecule has 0 bridgehead atoms. The minimum absolute atomic E-state index is 0.256. The first kappa shape index (κ1) is 11.6. The quantitative estimate of drug-likeness (QED) is 0.757. The van der Waals surface area contributed by atoms with Gasteiger partial charge in [-0.05, 0) is 50.5 Å². The van der Waals surface area contributed by atoms with Crippen LogP contribution >= 0.6 is 11.6 Å². The summed E-state index contributed by atoms with van der Waals surface area (Å²) in [4.78, 5) is 10.1. The van der Waals surface area contributed by atoms with E-state index in [2.05, 4.69) is 21.9 Å². The zero-order valence-electron chi connectivity index (χ0n) is 9.40.